The summed E-state index contributed by atoms with van der Waals surface area (Å²) < 4.78 is 5.30. The van der Waals surface area contributed by atoms with Crippen LogP contribution >= 0.6 is 0 Å². The Morgan fingerprint density at radius 1 is 1.18 bits per heavy atom. The number of H-pyrrole nitrogens is 1. The third-order valence-corrected chi connectivity index (χ3v) is 5.56. The van der Waals surface area contributed by atoms with Crippen molar-refractivity contribution in [1.82, 2.24) is 30.8 Å². The van der Waals surface area contributed by atoms with Crippen LogP contribution in [0.15, 0.2) is 24.4 Å². The molecule has 0 aliphatic carbocycles. The van der Waals surface area contributed by atoms with E-state index in [0.717, 1.165) is 0 Å². The molecule has 1 aromatic carbocycles. The molecule has 172 valence electrons. The van der Waals surface area contributed by atoms with Crippen LogP contribution < -0.4 is 25.6 Å². The van der Waals surface area contributed by atoms with Gasteiger partial charge in [0.2, 0.25) is 11.9 Å². The van der Waals surface area contributed by atoms with E-state index in [1.54, 1.807) is 25.2 Å². The van der Waals surface area contributed by atoms with Crippen LogP contribution in [0, 0.1) is 5.92 Å². The molecule has 0 saturated carbocycles. The number of nitrogens with one attached hydrogen (secondary N) is 4. The molecule has 1 fully saturated rings. The summed E-state index contributed by atoms with van der Waals surface area (Å²) in [5.41, 5.74) is 0.819. The molecular weight excluding hydrogens is 428 g/mol. The number of anilines is 2. The molecule has 3 amide bonds. The smallest absolute Gasteiger partial charge is 0.277 e. The fourth-order valence-electron chi connectivity index (χ4n) is 3.81. The number of aromatic amines is 1. The second kappa shape index (κ2) is 9.10. The van der Waals surface area contributed by atoms with Gasteiger partial charge in [0, 0.05) is 38.8 Å². The van der Waals surface area contributed by atoms with E-state index in [4.69, 9.17) is 4.74 Å². The second-order valence-electron chi connectivity index (χ2n) is 7.47. The molecule has 12 nitrogen and oxygen atoms in total. The molecule has 0 radical (unpaired) electrons. The molecule has 0 bridgehead atoms. The standard InChI is InChI=1S/C21H24N8O4/c1-22-18(30)11-7-8-29(10-11)21-24-9-13(19(31)23-2)17(26-21)25-20(32)16-12-5-4-6-14(33-3)15(12)27-28-16/h4-6,9,11H,7-8,10H2,1-3H3,(H,22,30)(H,23,31)(H,27,28)(H,24,25,26,32). The van der Waals surface area contributed by atoms with Gasteiger partial charge in [0.05, 0.1) is 13.0 Å². The summed E-state index contributed by atoms with van der Waals surface area (Å²) in [6.45, 7) is 1.02. The second-order valence-corrected chi connectivity index (χ2v) is 7.47. The summed E-state index contributed by atoms with van der Waals surface area (Å²) in [5.74, 6) is -0.308. The topological polar surface area (TPSA) is 154 Å². The molecule has 4 N–H and O–H groups in total. The lowest BCUT2D eigenvalue weighted by Gasteiger charge is -2.18. The highest BCUT2D eigenvalue weighted by molar-refractivity contribution is 6.13. The first-order valence-electron chi connectivity index (χ1n) is 10.3. The number of carbonyl (C=O) groups excluding carboxylic acids is 3. The first-order valence-corrected chi connectivity index (χ1v) is 10.3. The van der Waals surface area contributed by atoms with Crippen molar-refractivity contribution in [2.24, 2.45) is 5.92 Å². The molecule has 1 saturated heterocycles. The number of fused-ring (bicyclic) bond motifs is 1. The molecule has 0 spiro atoms. The summed E-state index contributed by atoms with van der Waals surface area (Å²) >= 11 is 0. The van der Waals surface area contributed by atoms with Crippen LogP contribution in [-0.4, -0.2) is 72.2 Å². The lowest BCUT2D eigenvalue weighted by molar-refractivity contribution is -0.123. The van der Waals surface area contributed by atoms with Gasteiger partial charge < -0.3 is 25.6 Å². The van der Waals surface area contributed by atoms with Crippen molar-refractivity contribution in [3.63, 3.8) is 0 Å². The predicted molar refractivity (Wildman–Crippen MR) is 120 cm³/mol. The van der Waals surface area contributed by atoms with Crippen LogP contribution in [0.4, 0.5) is 11.8 Å². The van der Waals surface area contributed by atoms with Gasteiger partial charge in [-0.25, -0.2) is 4.98 Å². The lowest BCUT2D eigenvalue weighted by Crippen LogP contribution is -2.31. The molecule has 3 heterocycles. The van der Waals surface area contributed by atoms with E-state index in [9.17, 15) is 14.4 Å². The Morgan fingerprint density at radius 2 is 2.00 bits per heavy atom. The number of hydrogen-bond acceptors (Lipinski definition) is 8. The van der Waals surface area contributed by atoms with E-state index >= 15 is 0 Å². The number of aromatic nitrogens is 4. The van der Waals surface area contributed by atoms with Gasteiger partial charge in [-0.1, -0.05) is 12.1 Å². The van der Waals surface area contributed by atoms with Crippen LogP contribution in [0.3, 0.4) is 0 Å². The average molecular weight is 452 g/mol. The van der Waals surface area contributed by atoms with Crippen LogP contribution in [0.5, 0.6) is 5.75 Å². The van der Waals surface area contributed by atoms with Gasteiger partial charge in [-0.15, -0.1) is 0 Å². The fraction of sp³-hybridized carbons (Fsp3) is 0.333. The molecule has 2 aromatic heterocycles. The molecule has 1 atom stereocenters. The average Bonchev–Trinajstić information content (AvgIpc) is 3.50. The van der Waals surface area contributed by atoms with Gasteiger partial charge in [-0.2, -0.15) is 10.1 Å². The maximum atomic E-state index is 13.1. The number of benzene rings is 1. The molecule has 33 heavy (non-hydrogen) atoms. The van der Waals surface area contributed by atoms with Crippen LogP contribution in [-0.2, 0) is 4.79 Å². The minimum atomic E-state index is -0.547. The highest BCUT2D eigenvalue weighted by Crippen LogP contribution is 2.27. The number of para-hydroxylation sites is 1. The molecular formula is C21H24N8O4. The number of amides is 3. The molecule has 1 aliphatic rings. The zero-order valence-electron chi connectivity index (χ0n) is 18.4. The van der Waals surface area contributed by atoms with E-state index in [-0.39, 0.29) is 28.9 Å². The highest BCUT2D eigenvalue weighted by atomic mass is 16.5. The summed E-state index contributed by atoms with van der Waals surface area (Å²) in [6, 6.07) is 5.25. The fourth-order valence-corrected chi connectivity index (χ4v) is 3.81. The van der Waals surface area contributed by atoms with Crippen molar-refractivity contribution in [2.75, 3.05) is 44.5 Å². The zero-order chi connectivity index (χ0) is 23.5. The molecule has 1 unspecified atom stereocenters. The Bertz CT molecular complexity index is 1220. The van der Waals surface area contributed by atoms with E-state index in [0.29, 0.717) is 42.1 Å². The summed E-state index contributed by atoms with van der Waals surface area (Å²) in [4.78, 5) is 48.0. The van der Waals surface area contributed by atoms with Crippen LogP contribution in [0.1, 0.15) is 27.3 Å². The van der Waals surface area contributed by atoms with E-state index in [1.165, 1.54) is 20.4 Å². The van der Waals surface area contributed by atoms with Crippen molar-refractivity contribution in [2.45, 2.75) is 6.42 Å². The molecule has 1 aliphatic heterocycles. The number of nitrogens with zero attached hydrogens (tertiary/aromatic N) is 4. The SMILES string of the molecule is CNC(=O)c1cnc(N2CCC(C(=O)NC)C2)nc1NC(=O)c1n[nH]c2c(OC)cccc12. The first-order chi connectivity index (χ1) is 16.0. The third kappa shape index (κ3) is 4.14. The highest BCUT2D eigenvalue weighted by Gasteiger charge is 2.30. The van der Waals surface area contributed by atoms with Gasteiger partial charge in [0.15, 0.2) is 11.5 Å². The number of methoxy groups -OCH3 is 1. The van der Waals surface area contributed by atoms with Crippen LogP contribution in [0.2, 0.25) is 0 Å². The zero-order valence-corrected chi connectivity index (χ0v) is 18.4. The lowest BCUT2D eigenvalue weighted by atomic mass is 10.1. The summed E-state index contributed by atoms with van der Waals surface area (Å²) in [6.07, 6.45) is 2.01. The first kappa shape index (κ1) is 22.0. The maximum Gasteiger partial charge on any atom is 0.277 e. The van der Waals surface area contributed by atoms with Crippen LogP contribution in [0.25, 0.3) is 10.9 Å². The largest absolute Gasteiger partial charge is 0.494 e. The van der Waals surface area contributed by atoms with E-state index in [1.807, 2.05) is 4.90 Å². The third-order valence-electron chi connectivity index (χ3n) is 5.56. The van der Waals surface area contributed by atoms with Crippen molar-refractivity contribution in [3.8, 4) is 5.75 Å². The van der Waals surface area contributed by atoms with Crippen molar-refractivity contribution in [1.29, 1.82) is 0 Å². The minimum absolute atomic E-state index is 0.0474. The van der Waals surface area contributed by atoms with Gasteiger partial charge in [-0.3, -0.25) is 19.5 Å². The van der Waals surface area contributed by atoms with Gasteiger partial charge in [0.25, 0.3) is 11.8 Å². The molecule has 4 rings (SSSR count). The number of rotatable bonds is 6. The quantitative estimate of drug-likeness (QED) is 0.423. The number of hydrogen-bond donors (Lipinski definition) is 4. The molecule has 3 aromatic rings. The minimum Gasteiger partial charge on any atom is -0.494 e. The van der Waals surface area contributed by atoms with Crippen molar-refractivity contribution < 1.29 is 19.1 Å². The normalized spacial score (nSPS) is 15.4. The van der Waals surface area contributed by atoms with E-state index < -0.39 is 11.8 Å². The number of ether oxygens (including phenoxy) is 1. The van der Waals surface area contributed by atoms with Gasteiger partial charge in [0.1, 0.15) is 16.8 Å². The predicted octanol–water partition coefficient (Wildman–Crippen LogP) is 0.546. The Balaban J connectivity index is 1.65. The Kier molecular flexibility index (Phi) is 6.07. The van der Waals surface area contributed by atoms with Gasteiger partial charge in [-0.05, 0) is 12.5 Å². The Hall–Kier alpha value is -4.22. The Labute approximate surface area is 189 Å². The van der Waals surface area contributed by atoms with Gasteiger partial charge >= 0.3 is 0 Å². The Morgan fingerprint density at radius 3 is 2.73 bits per heavy atom. The number of carbonyl (C=O) groups is 3. The monoisotopic (exact) mass is 452 g/mol. The maximum absolute atomic E-state index is 13.1. The van der Waals surface area contributed by atoms with Crippen molar-refractivity contribution in [3.05, 3.63) is 35.7 Å². The van der Waals surface area contributed by atoms with E-state index in [2.05, 4.69) is 36.1 Å². The molecule has 12 heteroatoms. The summed E-state index contributed by atoms with van der Waals surface area (Å²) in [7, 11) is 4.60. The summed E-state index contributed by atoms with van der Waals surface area (Å²) in [5, 5.41) is 15.3. The van der Waals surface area contributed by atoms with Crippen molar-refractivity contribution >= 4 is 40.4 Å².